The zero-order chi connectivity index (χ0) is 21.3. The van der Waals surface area contributed by atoms with Crippen LogP contribution in [0.25, 0.3) is 10.9 Å². The predicted molar refractivity (Wildman–Crippen MR) is 114 cm³/mol. The van der Waals surface area contributed by atoms with Crippen LogP contribution in [-0.4, -0.2) is 69.7 Å². The number of carboxylic acid groups (broad SMARTS) is 2. The number of benzene rings is 2. The lowest BCUT2D eigenvalue weighted by molar-refractivity contribution is -0.144. The summed E-state index contributed by atoms with van der Waals surface area (Å²) in [5, 5.41) is 20.2. The normalized spacial score (nSPS) is 16.6. The van der Waals surface area contributed by atoms with Crippen molar-refractivity contribution in [3.05, 3.63) is 71.4 Å². The Morgan fingerprint density at radius 1 is 1.00 bits per heavy atom. The number of aromatic carboxylic acids is 1. The fourth-order valence-electron chi connectivity index (χ4n) is 4.15. The molecule has 1 atom stereocenters. The molecule has 1 aromatic heterocycles. The first-order valence-electron chi connectivity index (χ1n) is 9.99. The van der Waals surface area contributed by atoms with Crippen LogP contribution in [0.15, 0.2) is 54.7 Å². The topological polar surface area (TPSA) is 86.0 Å². The lowest BCUT2D eigenvalue weighted by Gasteiger charge is -2.36. The highest BCUT2D eigenvalue weighted by molar-refractivity contribution is 5.96. The number of aromatic nitrogens is 1. The Balaban J connectivity index is 1.82. The first-order chi connectivity index (χ1) is 14.4. The van der Waals surface area contributed by atoms with Crippen LogP contribution in [0.4, 0.5) is 0 Å². The second-order valence-corrected chi connectivity index (χ2v) is 7.82. The van der Waals surface area contributed by atoms with Crippen LogP contribution in [0, 0.1) is 0 Å². The standard InChI is InChI=1S/C23H25N3O4/c1-24-9-11-25(12-10-24)21(23(29)30)19-15-26(14-16-5-3-2-4-6-16)20-8-7-17(22(27)28)13-18(19)20/h2-8,13,15,21H,9-12,14H2,1H3,(H,27,28)(H,29,30). The highest BCUT2D eigenvalue weighted by Crippen LogP contribution is 2.32. The Kier molecular flexibility index (Phi) is 5.57. The first-order valence-corrected chi connectivity index (χ1v) is 9.99. The minimum absolute atomic E-state index is 0.156. The Bertz CT molecular complexity index is 1070. The third-order valence-electron chi connectivity index (χ3n) is 5.79. The number of rotatable bonds is 6. The van der Waals surface area contributed by atoms with Crippen LogP contribution in [0.5, 0.6) is 0 Å². The summed E-state index contributed by atoms with van der Waals surface area (Å²) < 4.78 is 2.01. The molecule has 0 aliphatic carbocycles. The molecule has 0 spiro atoms. The van der Waals surface area contributed by atoms with Gasteiger partial charge in [0.1, 0.15) is 6.04 Å². The Morgan fingerprint density at radius 3 is 2.33 bits per heavy atom. The van der Waals surface area contributed by atoms with Crippen molar-refractivity contribution in [2.75, 3.05) is 33.2 Å². The number of aliphatic carboxylic acids is 1. The fourth-order valence-corrected chi connectivity index (χ4v) is 4.15. The molecule has 0 radical (unpaired) electrons. The molecule has 4 rings (SSSR count). The molecule has 2 N–H and O–H groups in total. The Morgan fingerprint density at radius 2 is 1.70 bits per heavy atom. The summed E-state index contributed by atoms with van der Waals surface area (Å²) >= 11 is 0. The van der Waals surface area contributed by atoms with E-state index in [1.165, 1.54) is 0 Å². The zero-order valence-electron chi connectivity index (χ0n) is 16.9. The molecule has 156 valence electrons. The molecule has 2 aromatic carbocycles. The second kappa shape index (κ2) is 8.30. The number of carbonyl (C=O) groups is 2. The van der Waals surface area contributed by atoms with E-state index in [1.807, 2.05) is 53.0 Å². The SMILES string of the molecule is CN1CCN(C(C(=O)O)c2cn(Cc3ccccc3)c3ccc(C(=O)O)cc23)CC1. The summed E-state index contributed by atoms with van der Waals surface area (Å²) in [6.07, 6.45) is 1.88. The number of likely N-dealkylation sites (N-methyl/N-ethyl adjacent to an activating group) is 1. The molecule has 0 saturated carbocycles. The maximum absolute atomic E-state index is 12.3. The van der Waals surface area contributed by atoms with E-state index in [0.29, 0.717) is 30.6 Å². The fraction of sp³-hybridized carbons (Fsp3) is 0.304. The lowest BCUT2D eigenvalue weighted by Crippen LogP contribution is -2.47. The second-order valence-electron chi connectivity index (χ2n) is 7.82. The van der Waals surface area contributed by atoms with Gasteiger partial charge in [-0.3, -0.25) is 9.69 Å². The number of nitrogens with zero attached hydrogens (tertiary/aromatic N) is 3. The summed E-state index contributed by atoms with van der Waals surface area (Å²) in [5.74, 6) is -1.94. The van der Waals surface area contributed by atoms with E-state index in [4.69, 9.17) is 0 Å². The van der Waals surface area contributed by atoms with E-state index < -0.39 is 18.0 Å². The van der Waals surface area contributed by atoms with Crippen LogP contribution < -0.4 is 0 Å². The van der Waals surface area contributed by atoms with E-state index in [0.717, 1.165) is 24.2 Å². The molecule has 2 heterocycles. The number of carboxylic acids is 2. The predicted octanol–water partition coefficient (Wildman–Crippen LogP) is 2.76. The third kappa shape index (κ3) is 3.94. The summed E-state index contributed by atoms with van der Waals surface area (Å²) in [7, 11) is 2.03. The van der Waals surface area contributed by atoms with Crippen molar-refractivity contribution in [3.8, 4) is 0 Å². The molecule has 1 fully saturated rings. The van der Waals surface area contributed by atoms with Crippen molar-refractivity contribution < 1.29 is 19.8 Å². The van der Waals surface area contributed by atoms with Gasteiger partial charge in [0.2, 0.25) is 0 Å². The van der Waals surface area contributed by atoms with Crippen molar-refractivity contribution in [3.63, 3.8) is 0 Å². The van der Waals surface area contributed by atoms with Crippen LogP contribution >= 0.6 is 0 Å². The number of hydrogen-bond acceptors (Lipinski definition) is 4. The molecule has 3 aromatic rings. The van der Waals surface area contributed by atoms with E-state index in [9.17, 15) is 19.8 Å². The molecule has 7 heteroatoms. The minimum Gasteiger partial charge on any atom is -0.480 e. The van der Waals surface area contributed by atoms with Gasteiger partial charge in [0.15, 0.2) is 0 Å². The van der Waals surface area contributed by atoms with Crippen LogP contribution in [0.1, 0.15) is 27.5 Å². The molecule has 0 amide bonds. The van der Waals surface area contributed by atoms with Gasteiger partial charge in [-0.05, 0) is 30.8 Å². The summed E-state index contributed by atoms with van der Waals surface area (Å²) in [6.45, 7) is 3.48. The van der Waals surface area contributed by atoms with Crippen LogP contribution in [0.3, 0.4) is 0 Å². The molecule has 1 unspecified atom stereocenters. The molecular weight excluding hydrogens is 382 g/mol. The van der Waals surface area contributed by atoms with Gasteiger partial charge in [-0.25, -0.2) is 4.79 Å². The lowest BCUT2D eigenvalue weighted by atomic mass is 10.0. The van der Waals surface area contributed by atoms with Crippen molar-refractivity contribution >= 4 is 22.8 Å². The molecular formula is C23H25N3O4. The van der Waals surface area contributed by atoms with Gasteiger partial charge in [0.05, 0.1) is 5.56 Å². The highest BCUT2D eigenvalue weighted by Gasteiger charge is 2.32. The zero-order valence-corrected chi connectivity index (χ0v) is 16.9. The van der Waals surface area contributed by atoms with E-state index in [2.05, 4.69) is 4.90 Å². The van der Waals surface area contributed by atoms with Gasteiger partial charge in [0, 0.05) is 55.4 Å². The van der Waals surface area contributed by atoms with Crippen molar-refractivity contribution in [2.24, 2.45) is 0 Å². The smallest absolute Gasteiger partial charge is 0.335 e. The van der Waals surface area contributed by atoms with Crippen LogP contribution in [0.2, 0.25) is 0 Å². The Labute approximate surface area is 174 Å². The van der Waals surface area contributed by atoms with E-state index in [1.54, 1.807) is 18.2 Å². The van der Waals surface area contributed by atoms with Crippen LogP contribution in [-0.2, 0) is 11.3 Å². The monoisotopic (exact) mass is 407 g/mol. The van der Waals surface area contributed by atoms with Gasteiger partial charge in [-0.1, -0.05) is 30.3 Å². The first kappa shape index (κ1) is 20.1. The number of hydrogen-bond donors (Lipinski definition) is 2. The van der Waals surface area contributed by atoms with E-state index in [-0.39, 0.29) is 5.56 Å². The minimum atomic E-state index is -1.02. The molecule has 30 heavy (non-hydrogen) atoms. The largest absolute Gasteiger partial charge is 0.480 e. The number of fused-ring (bicyclic) bond motifs is 1. The molecule has 1 aliphatic rings. The van der Waals surface area contributed by atoms with Crippen molar-refractivity contribution in [1.29, 1.82) is 0 Å². The molecule has 1 aliphatic heterocycles. The average Bonchev–Trinajstić information content (AvgIpc) is 3.07. The van der Waals surface area contributed by atoms with Gasteiger partial charge in [0.25, 0.3) is 0 Å². The highest BCUT2D eigenvalue weighted by atomic mass is 16.4. The van der Waals surface area contributed by atoms with Crippen molar-refractivity contribution in [2.45, 2.75) is 12.6 Å². The van der Waals surface area contributed by atoms with Gasteiger partial charge in [-0.2, -0.15) is 0 Å². The molecule has 1 saturated heterocycles. The summed E-state index contributed by atoms with van der Waals surface area (Å²) in [4.78, 5) is 28.0. The van der Waals surface area contributed by atoms with Gasteiger partial charge < -0.3 is 19.7 Å². The summed E-state index contributed by atoms with van der Waals surface area (Å²) in [6, 6.07) is 14.1. The molecule has 0 bridgehead atoms. The number of piperazine rings is 1. The third-order valence-corrected chi connectivity index (χ3v) is 5.79. The quantitative estimate of drug-likeness (QED) is 0.654. The molecule has 7 nitrogen and oxygen atoms in total. The van der Waals surface area contributed by atoms with Gasteiger partial charge in [-0.15, -0.1) is 0 Å². The average molecular weight is 407 g/mol. The van der Waals surface area contributed by atoms with Crippen molar-refractivity contribution in [1.82, 2.24) is 14.4 Å². The summed E-state index contributed by atoms with van der Waals surface area (Å²) in [5.41, 5.74) is 2.72. The van der Waals surface area contributed by atoms with E-state index >= 15 is 0 Å². The van der Waals surface area contributed by atoms with Gasteiger partial charge >= 0.3 is 11.9 Å². The maximum Gasteiger partial charge on any atom is 0.335 e. The maximum atomic E-state index is 12.3. The Hall–Kier alpha value is -3.16.